The highest BCUT2D eigenvalue weighted by Gasteiger charge is 2.21. The highest BCUT2D eigenvalue weighted by Crippen LogP contribution is 2.31. The number of ether oxygens (including phenoxy) is 1. The number of aryl methyl sites for hydroxylation is 1. The second-order valence-corrected chi connectivity index (χ2v) is 5.60. The molecule has 2 rings (SSSR count). The highest BCUT2D eigenvalue weighted by atomic mass is 79.9. The molecule has 3 N–H and O–H groups in total. The van der Waals surface area contributed by atoms with Gasteiger partial charge in [-0.05, 0) is 35.0 Å². The number of benzene rings is 1. The molecule has 0 bridgehead atoms. The van der Waals surface area contributed by atoms with E-state index >= 15 is 0 Å². The van der Waals surface area contributed by atoms with Crippen LogP contribution in [0.15, 0.2) is 22.7 Å². The molecule has 7 nitrogen and oxygen atoms in total. The van der Waals surface area contributed by atoms with Crippen molar-refractivity contribution in [3.8, 4) is 0 Å². The third-order valence-electron chi connectivity index (χ3n) is 3.25. The third kappa shape index (κ3) is 3.40. The minimum Gasteiger partial charge on any atom is -0.466 e. The van der Waals surface area contributed by atoms with E-state index in [1.165, 1.54) is 4.90 Å². The van der Waals surface area contributed by atoms with Crippen LogP contribution in [0, 0.1) is 0 Å². The van der Waals surface area contributed by atoms with E-state index in [9.17, 15) is 9.90 Å². The molecule has 0 aliphatic carbocycles. The van der Waals surface area contributed by atoms with Crippen LogP contribution < -0.4 is 10.6 Å². The first kappa shape index (κ1) is 16.7. The Bertz CT molecular complexity index is 671. The summed E-state index contributed by atoms with van der Waals surface area (Å²) in [6.45, 7) is 2.29. The highest BCUT2D eigenvalue weighted by molar-refractivity contribution is 9.10. The van der Waals surface area contributed by atoms with E-state index < -0.39 is 6.35 Å². The van der Waals surface area contributed by atoms with Crippen LogP contribution in [0.3, 0.4) is 0 Å². The van der Waals surface area contributed by atoms with E-state index in [0.29, 0.717) is 12.4 Å². The van der Waals surface area contributed by atoms with Crippen LogP contribution in [0.5, 0.6) is 0 Å². The molecule has 1 heterocycles. The second-order valence-electron chi connectivity index (χ2n) is 4.75. The number of aliphatic hydroxyl groups excluding tert-OH is 1. The first-order chi connectivity index (χ1) is 10.5. The molecular weight excluding hydrogens is 352 g/mol. The summed E-state index contributed by atoms with van der Waals surface area (Å²) in [5.74, 6) is 0.188. The van der Waals surface area contributed by atoms with E-state index in [4.69, 9.17) is 10.5 Å². The quantitative estimate of drug-likeness (QED) is 0.588. The van der Waals surface area contributed by atoms with Gasteiger partial charge in [0, 0.05) is 23.5 Å². The SMILES string of the molecule is CCOC(=O)CCN(c1nn(C)c2c(Br)cccc12)C(N)O. The number of nitrogens with zero attached hydrogens (tertiary/aromatic N) is 3. The Labute approximate surface area is 136 Å². The Kier molecular flexibility index (Phi) is 5.38. The maximum absolute atomic E-state index is 11.5. The molecular formula is C14H19BrN4O3. The minimum atomic E-state index is -1.26. The average Bonchev–Trinajstić information content (AvgIpc) is 2.78. The largest absolute Gasteiger partial charge is 0.466 e. The van der Waals surface area contributed by atoms with Crippen LogP contribution in [-0.4, -0.2) is 40.4 Å². The first-order valence-corrected chi connectivity index (χ1v) is 7.72. The zero-order chi connectivity index (χ0) is 16.3. The molecule has 0 radical (unpaired) electrons. The molecule has 2 aromatic rings. The molecule has 1 atom stereocenters. The van der Waals surface area contributed by atoms with Crippen molar-refractivity contribution in [2.45, 2.75) is 19.7 Å². The van der Waals surface area contributed by atoms with Gasteiger partial charge in [0.1, 0.15) is 0 Å². The summed E-state index contributed by atoms with van der Waals surface area (Å²) < 4.78 is 7.49. The molecule has 0 aliphatic rings. The van der Waals surface area contributed by atoms with Gasteiger partial charge in [0.2, 0.25) is 0 Å². The van der Waals surface area contributed by atoms with Crippen molar-refractivity contribution in [1.29, 1.82) is 0 Å². The monoisotopic (exact) mass is 370 g/mol. The number of aliphatic hydroxyl groups is 1. The molecule has 22 heavy (non-hydrogen) atoms. The number of halogens is 1. The number of carbonyl (C=O) groups excluding carboxylic acids is 1. The molecule has 0 amide bonds. The number of hydrogen-bond acceptors (Lipinski definition) is 6. The fraction of sp³-hybridized carbons (Fsp3) is 0.429. The lowest BCUT2D eigenvalue weighted by molar-refractivity contribution is -0.142. The maximum atomic E-state index is 11.5. The van der Waals surface area contributed by atoms with Crippen LogP contribution in [0.4, 0.5) is 5.82 Å². The van der Waals surface area contributed by atoms with E-state index in [2.05, 4.69) is 21.0 Å². The van der Waals surface area contributed by atoms with Crippen molar-refractivity contribution in [1.82, 2.24) is 9.78 Å². The molecule has 0 saturated heterocycles. The predicted octanol–water partition coefficient (Wildman–Crippen LogP) is 1.33. The Morgan fingerprint density at radius 2 is 2.32 bits per heavy atom. The van der Waals surface area contributed by atoms with Gasteiger partial charge in [-0.25, -0.2) is 0 Å². The summed E-state index contributed by atoms with van der Waals surface area (Å²) in [6.07, 6.45) is -1.14. The number of aromatic nitrogens is 2. The molecule has 1 aromatic heterocycles. The number of fused-ring (bicyclic) bond motifs is 1. The van der Waals surface area contributed by atoms with Crippen molar-refractivity contribution >= 4 is 38.6 Å². The molecule has 120 valence electrons. The Balaban J connectivity index is 2.33. The van der Waals surface area contributed by atoms with Crippen LogP contribution in [0.25, 0.3) is 10.9 Å². The summed E-state index contributed by atoms with van der Waals surface area (Å²) in [5, 5.41) is 15.1. The molecule has 0 saturated carbocycles. The van der Waals surface area contributed by atoms with Crippen molar-refractivity contribution in [3.63, 3.8) is 0 Å². The van der Waals surface area contributed by atoms with Gasteiger partial charge in [0.05, 0.1) is 18.5 Å². The van der Waals surface area contributed by atoms with Gasteiger partial charge in [-0.3, -0.25) is 15.2 Å². The first-order valence-electron chi connectivity index (χ1n) is 6.92. The van der Waals surface area contributed by atoms with Crippen LogP contribution >= 0.6 is 15.9 Å². The van der Waals surface area contributed by atoms with E-state index in [1.54, 1.807) is 11.6 Å². The lowest BCUT2D eigenvalue weighted by Crippen LogP contribution is -2.43. The maximum Gasteiger partial charge on any atom is 0.307 e. The molecule has 1 unspecified atom stereocenters. The second kappa shape index (κ2) is 7.08. The van der Waals surface area contributed by atoms with E-state index in [0.717, 1.165) is 15.4 Å². The van der Waals surface area contributed by atoms with Crippen molar-refractivity contribution < 1.29 is 14.6 Å². The van der Waals surface area contributed by atoms with Gasteiger partial charge in [0.15, 0.2) is 12.2 Å². The fourth-order valence-electron chi connectivity index (χ4n) is 2.29. The van der Waals surface area contributed by atoms with Gasteiger partial charge >= 0.3 is 5.97 Å². The van der Waals surface area contributed by atoms with Crippen molar-refractivity contribution in [2.75, 3.05) is 18.1 Å². The summed E-state index contributed by atoms with van der Waals surface area (Å²) in [6, 6.07) is 5.68. The Morgan fingerprint density at radius 1 is 1.59 bits per heavy atom. The van der Waals surface area contributed by atoms with Crippen molar-refractivity contribution in [2.24, 2.45) is 12.8 Å². The van der Waals surface area contributed by atoms with E-state index in [1.807, 2.05) is 25.2 Å². The van der Waals surface area contributed by atoms with Gasteiger partial charge in [-0.15, -0.1) is 0 Å². The lowest BCUT2D eigenvalue weighted by Gasteiger charge is -2.24. The minimum absolute atomic E-state index is 0.119. The average molecular weight is 371 g/mol. The number of hydrogen-bond donors (Lipinski definition) is 2. The lowest BCUT2D eigenvalue weighted by atomic mass is 10.2. The van der Waals surface area contributed by atoms with Gasteiger partial charge in [-0.2, -0.15) is 5.10 Å². The number of rotatable bonds is 6. The standard InChI is InChI=1S/C14H19BrN4O3/c1-3-22-11(20)7-8-19(14(16)21)13-9-5-4-6-10(15)12(9)18(2)17-13/h4-6,14,21H,3,7-8,16H2,1-2H3. The third-order valence-corrected chi connectivity index (χ3v) is 3.89. The summed E-state index contributed by atoms with van der Waals surface area (Å²) in [4.78, 5) is 13.0. The summed E-state index contributed by atoms with van der Waals surface area (Å²) >= 11 is 3.48. The van der Waals surface area contributed by atoms with Gasteiger partial charge in [-0.1, -0.05) is 6.07 Å². The zero-order valence-electron chi connectivity index (χ0n) is 12.5. The molecule has 0 aliphatic heterocycles. The number of nitrogens with two attached hydrogens (primary N) is 1. The molecule has 0 spiro atoms. The molecule has 0 fully saturated rings. The van der Waals surface area contributed by atoms with Crippen LogP contribution in [0.1, 0.15) is 13.3 Å². The number of esters is 1. The normalized spacial score (nSPS) is 12.4. The summed E-state index contributed by atoms with van der Waals surface area (Å²) in [7, 11) is 1.81. The topological polar surface area (TPSA) is 93.6 Å². The zero-order valence-corrected chi connectivity index (χ0v) is 14.1. The van der Waals surface area contributed by atoms with Crippen molar-refractivity contribution in [3.05, 3.63) is 22.7 Å². The van der Waals surface area contributed by atoms with E-state index in [-0.39, 0.29) is 18.9 Å². The van der Waals surface area contributed by atoms with Gasteiger partial charge in [0.25, 0.3) is 0 Å². The Hall–Kier alpha value is -1.64. The summed E-state index contributed by atoms with van der Waals surface area (Å²) in [5.41, 5.74) is 6.52. The smallest absolute Gasteiger partial charge is 0.307 e. The molecule has 8 heteroatoms. The number of para-hydroxylation sites is 1. The van der Waals surface area contributed by atoms with Crippen LogP contribution in [0.2, 0.25) is 0 Å². The number of anilines is 1. The molecule has 1 aromatic carbocycles. The predicted molar refractivity (Wildman–Crippen MR) is 87.2 cm³/mol. The Morgan fingerprint density at radius 3 is 2.95 bits per heavy atom. The number of carbonyl (C=O) groups is 1. The van der Waals surface area contributed by atoms with Gasteiger partial charge < -0.3 is 14.7 Å². The fourth-order valence-corrected chi connectivity index (χ4v) is 2.91. The van der Waals surface area contributed by atoms with Crippen LogP contribution in [-0.2, 0) is 16.6 Å².